The van der Waals surface area contributed by atoms with Crippen LogP contribution in [-0.2, 0) is 0 Å². The van der Waals surface area contributed by atoms with E-state index in [1.54, 1.807) is 48.5 Å². The normalized spacial score (nSPS) is 10.1. The smallest absolute Gasteiger partial charge is 0.150 e. The van der Waals surface area contributed by atoms with Gasteiger partial charge in [0.05, 0.1) is 0 Å². The fourth-order valence-corrected chi connectivity index (χ4v) is 2.72. The lowest BCUT2D eigenvalue weighted by molar-refractivity contribution is 0.112. The van der Waals surface area contributed by atoms with Gasteiger partial charge in [-0.2, -0.15) is 0 Å². The topological polar surface area (TPSA) is 37.3 Å². The molecule has 5 heteroatoms. The molecule has 0 saturated heterocycles. The zero-order valence-electron chi connectivity index (χ0n) is 13.1. The number of aliphatic hydroxyl groups is 1. The van der Waals surface area contributed by atoms with E-state index in [4.69, 9.17) is 34.8 Å². The van der Waals surface area contributed by atoms with Crippen molar-refractivity contribution in [3.8, 4) is 0 Å². The summed E-state index contributed by atoms with van der Waals surface area (Å²) in [5, 5.41) is 11.9. The molecule has 3 aromatic carbocycles. The van der Waals surface area contributed by atoms with Crippen molar-refractivity contribution in [2.75, 3.05) is 0 Å². The lowest BCUT2D eigenvalue weighted by atomic mass is 10.0. The Balaban J connectivity index is 0.000000212. The molecule has 0 aliphatic heterocycles. The summed E-state index contributed by atoms with van der Waals surface area (Å²) >= 11 is 17.3. The average Bonchev–Trinajstić information content (AvgIpc) is 2.61. The van der Waals surface area contributed by atoms with E-state index in [1.807, 2.05) is 24.3 Å². The van der Waals surface area contributed by atoms with E-state index >= 15 is 0 Å². The molecule has 3 aromatic rings. The number of aliphatic hydroxyl groups excluding tert-OH is 1. The van der Waals surface area contributed by atoms with Gasteiger partial charge in [0.15, 0.2) is 0 Å². The summed E-state index contributed by atoms with van der Waals surface area (Å²) in [6.45, 7) is 0. The summed E-state index contributed by atoms with van der Waals surface area (Å²) in [5.41, 5.74) is 2.13. The van der Waals surface area contributed by atoms with Gasteiger partial charge in [-0.25, -0.2) is 0 Å². The monoisotopic (exact) mass is 392 g/mol. The van der Waals surface area contributed by atoms with Crippen molar-refractivity contribution in [3.05, 3.63) is 105 Å². The van der Waals surface area contributed by atoms with Gasteiger partial charge in [-0.05, 0) is 47.5 Å². The molecule has 0 aliphatic rings. The molecule has 2 nitrogen and oxygen atoms in total. The van der Waals surface area contributed by atoms with Crippen molar-refractivity contribution in [1.82, 2.24) is 0 Å². The highest BCUT2D eigenvalue weighted by atomic mass is 35.5. The van der Waals surface area contributed by atoms with Crippen LogP contribution in [0.25, 0.3) is 0 Å². The van der Waals surface area contributed by atoms with Gasteiger partial charge in [-0.3, -0.25) is 4.79 Å². The Morgan fingerprint density at radius 2 is 1.16 bits per heavy atom. The zero-order chi connectivity index (χ0) is 18.2. The minimum Gasteiger partial charge on any atom is -0.384 e. The lowest BCUT2D eigenvalue weighted by Gasteiger charge is -2.11. The van der Waals surface area contributed by atoms with Crippen LogP contribution < -0.4 is 0 Å². The highest BCUT2D eigenvalue weighted by Crippen LogP contribution is 2.25. The fourth-order valence-electron chi connectivity index (χ4n) is 2.13. The summed E-state index contributed by atoms with van der Waals surface area (Å²) < 4.78 is 0. The molecule has 0 spiro atoms. The van der Waals surface area contributed by atoms with Crippen molar-refractivity contribution in [2.45, 2.75) is 6.10 Å². The van der Waals surface area contributed by atoms with Crippen molar-refractivity contribution < 1.29 is 9.90 Å². The van der Waals surface area contributed by atoms with Crippen molar-refractivity contribution in [2.24, 2.45) is 0 Å². The van der Waals surface area contributed by atoms with Crippen LogP contribution in [0.3, 0.4) is 0 Å². The van der Waals surface area contributed by atoms with E-state index in [1.165, 1.54) is 0 Å². The Labute approximate surface area is 161 Å². The largest absolute Gasteiger partial charge is 0.384 e. The average molecular weight is 394 g/mol. The Kier molecular flexibility index (Phi) is 7.48. The third kappa shape index (κ3) is 6.18. The Bertz CT molecular complexity index is 804. The maximum atomic E-state index is 10.1. The molecule has 3 rings (SSSR count). The Hall–Kier alpha value is -1.84. The van der Waals surface area contributed by atoms with Gasteiger partial charge in [0.2, 0.25) is 0 Å². The van der Waals surface area contributed by atoms with Crippen LogP contribution in [0.5, 0.6) is 0 Å². The summed E-state index contributed by atoms with van der Waals surface area (Å²) in [4.78, 5) is 10.1. The molecule has 0 fully saturated rings. The first-order chi connectivity index (χ1) is 12.0. The number of hydrogen-bond acceptors (Lipinski definition) is 2. The van der Waals surface area contributed by atoms with E-state index in [0.717, 1.165) is 17.4 Å². The number of aldehydes is 1. The van der Waals surface area contributed by atoms with Gasteiger partial charge in [0.25, 0.3) is 0 Å². The van der Waals surface area contributed by atoms with Crippen LogP contribution in [0.15, 0.2) is 72.8 Å². The van der Waals surface area contributed by atoms with Gasteiger partial charge in [0.1, 0.15) is 12.4 Å². The first-order valence-corrected chi connectivity index (χ1v) is 8.52. The minimum atomic E-state index is -0.697. The molecule has 0 heterocycles. The summed E-state index contributed by atoms with van der Waals surface area (Å²) in [6.07, 6.45) is 0.0729. The van der Waals surface area contributed by atoms with Gasteiger partial charge in [-0.15, -0.1) is 0 Å². The Morgan fingerprint density at radius 1 is 0.720 bits per heavy atom. The maximum absolute atomic E-state index is 10.1. The number of rotatable bonds is 3. The summed E-state index contributed by atoms with van der Waals surface area (Å²) in [7, 11) is 0. The molecule has 0 saturated carbocycles. The standard InChI is InChI=1S/C13H10Cl2O.C7H5ClO/c14-11-5-1-3-9(7-11)13(16)10-4-2-6-12(15)8-10;8-7-3-1-2-6(4-7)5-9/h1-8,13,16H;1-5H. The molecule has 1 N–H and O–H groups in total. The van der Waals surface area contributed by atoms with Gasteiger partial charge >= 0.3 is 0 Å². The predicted molar refractivity (Wildman–Crippen MR) is 104 cm³/mol. The van der Waals surface area contributed by atoms with E-state index < -0.39 is 6.10 Å². The molecule has 0 bridgehead atoms. The third-order valence-electron chi connectivity index (χ3n) is 3.31. The third-order valence-corrected chi connectivity index (χ3v) is 4.02. The first-order valence-electron chi connectivity index (χ1n) is 7.39. The SMILES string of the molecule is O=Cc1cccc(Cl)c1.OC(c1cccc(Cl)c1)c1cccc(Cl)c1. The van der Waals surface area contributed by atoms with Gasteiger partial charge in [-0.1, -0.05) is 71.2 Å². The van der Waals surface area contributed by atoms with E-state index in [0.29, 0.717) is 20.6 Å². The molecular weight excluding hydrogens is 379 g/mol. The van der Waals surface area contributed by atoms with Crippen LogP contribution in [0.2, 0.25) is 15.1 Å². The van der Waals surface area contributed by atoms with Crippen molar-refractivity contribution in [1.29, 1.82) is 0 Å². The fraction of sp³-hybridized carbons (Fsp3) is 0.0500. The van der Waals surface area contributed by atoms with Crippen LogP contribution in [0.1, 0.15) is 27.6 Å². The number of hydrogen-bond donors (Lipinski definition) is 1. The quantitative estimate of drug-likeness (QED) is 0.536. The van der Waals surface area contributed by atoms with Crippen LogP contribution in [0.4, 0.5) is 0 Å². The van der Waals surface area contributed by atoms with E-state index in [-0.39, 0.29) is 0 Å². The van der Waals surface area contributed by atoms with E-state index in [2.05, 4.69) is 0 Å². The number of carbonyl (C=O) groups excluding carboxylic acids is 1. The molecule has 0 aromatic heterocycles. The van der Waals surface area contributed by atoms with Gasteiger partial charge in [0, 0.05) is 20.6 Å². The number of carbonyl (C=O) groups is 1. The van der Waals surface area contributed by atoms with Gasteiger partial charge < -0.3 is 5.11 Å². The summed E-state index contributed by atoms with van der Waals surface area (Å²) in [6, 6.07) is 21.1. The lowest BCUT2D eigenvalue weighted by Crippen LogP contribution is -1.99. The summed E-state index contributed by atoms with van der Waals surface area (Å²) in [5.74, 6) is 0. The molecule has 128 valence electrons. The molecule has 0 atom stereocenters. The molecular formula is C20H15Cl3O2. The second kappa shape index (κ2) is 9.59. The highest BCUT2D eigenvalue weighted by molar-refractivity contribution is 6.31. The van der Waals surface area contributed by atoms with E-state index in [9.17, 15) is 9.90 Å². The molecule has 0 aliphatic carbocycles. The number of benzene rings is 3. The molecule has 0 radical (unpaired) electrons. The first kappa shape index (κ1) is 19.5. The minimum absolute atomic E-state index is 0.597. The second-order valence-corrected chi connectivity index (χ2v) is 6.49. The van der Waals surface area contributed by atoms with Crippen molar-refractivity contribution >= 4 is 41.1 Å². The molecule has 0 unspecified atom stereocenters. The second-order valence-electron chi connectivity index (χ2n) is 5.19. The van der Waals surface area contributed by atoms with Crippen LogP contribution >= 0.6 is 34.8 Å². The molecule has 0 amide bonds. The van der Waals surface area contributed by atoms with Crippen molar-refractivity contribution in [3.63, 3.8) is 0 Å². The molecule has 25 heavy (non-hydrogen) atoms. The highest BCUT2D eigenvalue weighted by Gasteiger charge is 2.10. The number of halogens is 3. The van der Waals surface area contributed by atoms with Crippen LogP contribution in [0, 0.1) is 0 Å². The van der Waals surface area contributed by atoms with Crippen LogP contribution in [-0.4, -0.2) is 11.4 Å². The Morgan fingerprint density at radius 3 is 1.52 bits per heavy atom. The zero-order valence-corrected chi connectivity index (χ0v) is 15.3. The predicted octanol–water partition coefficient (Wildman–Crippen LogP) is 6.23. The maximum Gasteiger partial charge on any atom is 0.150 e.